The molecular weight excluding hydrogens is 217 g/mol. The second kappa shape index (κ2) is 5.41. The van der Waals surface area contributed by atoms with Gasteiger partial charge in [-0.1, -0.05) is 0 Å². The Balaban J connectivity index is 0.00000112. The van der Waals surface area contributed by atoms with Crippen molar-refractivity contribution in [3.8, 4) is 0 Å². The summed E-state index contributed by atoms with van der Waals surface area (Å²) in [6, 6.07) is 9.95. The minimum atomic E-state index is -0.228. The van der Waals surface area contributed by atoms with Crippen LogP contribution in [0.25, 0.3) is 0 Å². The van der Waals surface area contributed by atoms with Crippen molar-refractivity contribution in [1.82, 2.24) is 0 Å². The van der Waals surface area contributed by atoms with Crippen molar-refractivity contribution in [2.24, 2.45) is 0 Å². The molecule has 0 atom stereocenters. The summed E-state index contributed by atoms with van der Waals surface area (Å²) in [4.78, 5) is 0. The van der Waals surface area contributed by atoms with Crippen molar-refractivity contribution in [1.29, 1.82) is 0 Å². The quantitative estimate of drug-likeness (QED) is 0.869. The Morgan fingerprint density at radius 2 is 1.87 bits per heavy atom. The van der Waals surface area contributed by atoms with Crippen LogP contribution < -0.4 is 5.32 Å². The molecule has 0 saturated carbocycles. The Bertz CT molecular complexity index is 385. The zero-order chi connectivity index (χ0) is 9.80. The summed E-state index contributed by atoms with van der Waals surface area (Å²) in [7, 11) is 0. The molecule has 0 spiro atoms. The van der Waals surface area contributed by atoms with Gasteiger partial charge in [-0.05, 0) is 36.4 Å². The summed E-state index contributed by atoms with van der Waals surface area (Å²) < 4.78 is 17.7. The Morgan fingerprint density at radius 1 is 1.13 bits per heavy atom. The Hall–Kier alpha value is -1.48. The van der Waals surface area contributed by atoms with Gasteiger partial charge in [0.2, 0.25) is 0 Å². The van der Waals surface area contributed by atoms with E-state index in [1.54, 1.807) is 18.4 Å². The first-order valence-electron chi connectivity index (χ1n) is 4.36. The predicted molar refractivity (Wildman–Crippen MR) is 59.7 cm³/mol. The van der Waals surface area contributed by atoms with Crippen molar-refractivity contribution < 1.29 is 8.81 Å². The first kappa shape index (κ1) is 11.6. The number of furan rings is 1. The SMILES string of the molecule is Cl.Fc1ccc(NCc2ccco2)cc1. The Kier molecular flexibility index (Phi) is 4.18. The molecule has 2 rings (SSSR count). The van der Waals surface area contributed by atoms with Crippen molar-refractivity contribution in [2.45, 2.75) is 6.54 Å². The average molecular weight is 228 g/mol. The fourth-order valence-electron chi connectivity index (χ4n) is 1.17. The number of hydrogen-bond donors (Lipinski definition) is 1. The molecule has 2 aromatic rings. The normalized spacial score (nSPS) is 9.40. The molecule has 2 nitrogen and oxygen atoms in total. The summed E-state index contributed by atoms with van der Waals surface area (Å²) in [6.07, 6.45) is 1.63. The van der Waals surface area contributed by atoms with E-state index in [2.05, 4.69) is 5.32 Å². The van der Waals surface area contributed by atoms with Gasteiger partial charge in [0.05, 0.1) is 12.8 Å². The van der Waals surface area contributed by atoms with Crippen LogP contribution in [-0.2, 0) is 6.54 Å². The molecule has 1 N–H and O–H groups in total. The summed E-state index contributed by atoms with van der Waals surface area (Å²) >= 11 is 0. The number of anilines is 1. The molecule has 1 aromatic carbocycles. The Morgan fingerprint density at radius 3 is 2.47 bits per heavy atom. The maximum absolute atomic E-state index is 12.6. The molecule has 15 heavy (non-hydrogen) atoms. The predicted octanol–water partition coefficient (Wildman–Crippen LogP) is 3.45. The largest absolute Gasteiger partial charge is 0.467 e. The smallest absolute Gasteiger partial charge is 0.123 e. The van der Waals surface area contributed by atoms with Crippen LogP contribution in [0.1, 0.15) is 5.76 Å². The number of benzene rings is 1. The van der Waals surface area contributed by atoms with Gasteiger partial charge in [-0.2, -0.15) is 0 Å². The average Bonchev–Trinajstić information content (AvgIpc) is 2.70. The summed E-state index contributed by atoms with van der Waals surface area (Å²) in [5, 5.41) is 3.11. The fourth-order valence-corrected chi connectivity index (χ4v) is 1.17. The number of hydrogen-bond acceptors (Lipinski definition) is 2. The van der Waals surface area contributed by atoms with Crippen LogP contribution in [0, 0.1) is 5.82 Å². The van der Waals surface area contributed by atoms with E-state index < -0.39 is 0 Å². The van der Waals surface area contributed by atoms with Gasteiger partial charge in [0, 0.05) is 5.69 Å². The second-order valence-corrected chi connectivity index (χ2v) is 2.94. The lowest BCUT2D eigenvalue weighted by molar-refractivity contribution is 0.518. The minimum Gasteiger partial charge on any atom is -0.467 e. The van der Waals surface area contributed by atoms with Crippen LogP contribution >= 0.6 is 12.4 Å². The van der Waals surface area contributed by atoms with Gasteiger partial charge < -0.3 is 9.73 Å². The molecule has 80 valence electrons. The highest BCUT2D eigenvalue weighted by atomic mass is 35.5. The van der Waals surface area contributed by atoms with E-state index in [-0.39, 0.29) is 18.2 Å². The van der Waals surface area contributed by atoms with Crippen molar-refractivity contribution >= 4 is 18.1 Å². The third-order valence-corrected chi connectivity index (χ3v) is 1.89. The monoisotopic (exact) mass is 227 g/mol. The molecule has 0 aliphatic heterocycles. The van der Waals surface area contributed by atoms with E-state index >= 15 is 0 Å². The molecule has 1 heterocycles. The lowest BCUT2D eigenvalue weighted by Crippen LogP contribution is -1.97. The van der Waals surface area contributed by atoms with Crippen molar-refractivity contribution in [3.05, 3.63) is 54.2 Å². The summed E-state index contributed by atoms with van der Waals surface area (Å²) in [6.45, 7) is 0.610. The highest BCUT2D eigenvalue weighted by Gasteiger charge is 1.95. The van der Waals surface area contributed by atoms with Gasteiger partial charge in [-0.3, -0.25) is 0 Å². The molecule has 0 amide bonds. The molecule has 1 aromatic heterocycles. The maximum atomic E-state index is 12.6. The maximum Gasteiger partial charge on any atom is 0.123 e. The van der Waals surface area contributed by atoms with E-state index in [0.29, 0.717) is 6.54 Å². The van der Waals surface area contributed by atoms with Crippen molar-refractivity contribution in [2.75, 3.05) is 5.32 Å². The molecule has 4 heteroatoms. The van der Waals surface area contributed by atoms with Crippen LogP contribution in [0.2, 0.25) is 0 Å². The fraction of sp³-hybridized carbons (Fsp3) is 0.0909. The van der Waals surface area contributed by atoms with E-state index in [9.17, 15) is 4.39 Å². The standard InChI is InChI=1S/C11H10FNO.ClH/c12-9-3-5-10(6-4-9)13-8-11-2-1-7-14-11;/h1-7,13H,8H2;1H. The number of rotatable bonds is 3. The van der Waals surface area contributed by atoms with Gasteiger partial charge in [0.1, 0.15) is 11.6 Å². The van der Waals surface area contributed by atoms with Gasteiger partial charge in [0.15, 0.2) is 0 Å². The number of nitrogens with one attached hydrogen (secondary N) is 1. The summed E-state index contributed by atoms with van der Waals surface area (Å²) in [5.41, 5.74) is 0.878. The van der Waals surface area contributed by atoms with Crippen molar-refractivity contribution in [3.63, 3.8) is 0 Å². The van der Waals surface area contributed by atoms with E-state index in [1.807, 2.05) is 12.1 Å². The van der Waals surface area contributed by atoms with Gasteiger partial charge in [-0.25, -0.2) is 4.39 Å². The molecule has 0 unspecified atom stereocenters. The van der Waals surface area contributed by atoms with E-state index in [4.69, 9.17) is 4.42 Å². The summed E-state index contributed by atoms with van der Waals surface area (Å²) in [5.74, 6) is 0.628. The topological polar surface area (TPSA) is 25.2 Å². The van der Waals surface area contributed by atoms with Crippen LogP contribution in [0.15, 0.2) is 47.1 Å². The van der Waals surface area contributed by atoms with Crippen LogP contribution in [0.4, 0.5) is 10.1 Å². The molecule has 0 bridgehead atoms. The van der Waals surface area contributed by atoms with Gasteiger partial charge in [-0.15, -0.1) is 12.4 Å². The first-order valence-corrected chi connectivity index (χ1v) is 4.36. The third-order valence-electron chi connectivity index (χ3n) is 1.89. The van der Waals surface area contributed by atoms with E-state index in [0.717, 1.165) is 11.4 Å². The van der Waals surface area contributed by atoms with Gasteiger partial charge >= 0.3 is 0 Å². The molecule has 0 radical (unpaired) electrons. The zero-order valence-electron chi connectivity index (χ0n) is 7.94. The highest BCUT2D eigenvalue weighted by molar-refractivity contribution is 5.85. The van der Waals surface area contributed by atoms with E-state index in [1.165, 1.54) is 12.1 Å². The number of halogens is 2. The first-order chi connectivity index (χ1) is 6.84. The van der Waals surface area contributed by atoms with Crippen LogP contribution in [-0.4, -0.2) is 0 Å². The third kappa shape index (κ3) is 3.29. The molecule has 0 aliphatic rings. The molecule has 0 saturated heterocycles. The molecule has 0 aliphatic carbocycles. The zero-order valence-corrected chi connectivity index (χ0v) is 8.76. The highest BCUT2D eigenvalue weighted by Crippen LogP contribution is 2.10. The molecular formula is C11H11ClFNO. The van der Waals surface area contributed by atoms with Crippen LogP contribution in [0.5, 0.6) is 0 Å². The van der Waals surface area contributed by atoms with Gasteiger partial charge in [0.25, 0.3) is 0 Å². The van der Waals surface area contributed by atoms with Crippen LogP contribution in [0.3, 0.4) is 0 Å². The lowest BCUT2D eigenvalue weighted by atomic mass is 10.3. The molecule has 0 fully saturated rings. The Labute approximate surface area is 93.5 Å². The lowest BCUT2D eigenvalue weighted by Gasteiger charge is -2.03. The second-order valence-electron chi connectivity index (χ2n) is 2.94. The minimum absolute atomic E-state index is 0.